The first-order chi connectivity index (χ1) is 10.8. The van der Waals surface area contributed by atoms with Gasteiger partial charge in [0.25, 0.3) is 0 Å². The van der Waals surface area contributed by atoms with Gasteiger partial charge in [-0.3, -0.25) is 0 Å². The van der Waals surface area contributed by atoms with Crippen LogP contribution in [0.2, 0.25) is 5.02 Å². The van der Waals surface area contributed by atoms with Crippen LogP contribution < -0.4 is 9.47 Å². The van der Waals surface area contributed by atoms with Gasteiger partial charge in [0.1, 0.15) is 21.9 Å². The third-order valence-corrected chi connectivity index (χ3v) is 4.73. The Morgan fingerprint density at radius 3 is 2.48 bits per heavy atom. The van der Waals surface area contributed by atoms with Crippen molar-refractivity contribution in [3.8, 4) is 11.6 Å². The molecule has 0 unspecified atom stereocenters. The van der Waals surface area contributed by atoms with Crippen molar-refractivity contribution in [2.75, 3.05) is 14.2 Å². The van der Waals surface area contributed by atoms with E-state index in [4.69, 9.17) is 21.1 Å². The Bertz CT molecular complexity index is 744. The molecule has 0 N–H and O–H groups in total. The van der Waals surface area contributed by atoms with Crippen LogP contribution in [0.25, 0.3) is 10.9 Å². The Morgan fingerprint density at radius 1 is 1.22 bits per heavy atom. The topological polar surface area (TPSA) is 66.8 Å². The molecule has 124 valence electrons. The van der Waals surface area contributed by atoms with E-state index in [2.05, 4.69) is 9.38 Å². The summed E-state index contributed by atoms with van der Waals surface area (Å²) in [6, 6.07) is 5.35. The number of ether oxygens (including phenoxy) is 2. The Labute approximate surface area is 144 Å². The van der Waals surface area contributed by atoms with Crippen LogP contribution in [0.5, 0.6) is 11.6 Å². The standard InChI is InChI=1S/C16H19ClN2O3S/c1-16(2,3)23(20)18-9-11-6-10-7-12(17)14(21-4)8-13(10)19-15(11)22-5/h6-9H,1-5H3/t23-/m1/s1. The summed E-state index contributed by atoms with van der Waals surface area (Å²) >= 11 is 4.80. The molecule has 0 bridgehead atoms. The summed E-state index contributed by atoms with van der Waals surface area (Å²) in [6.07, 6.45) is 1.52. The second kappa shape index (κ2) is 6.95. The molecule has 2 rings (SSSR count). The fraction of sp³-hybridized carbons (Fsp3) is 0.375. The van der Waals surface area contributed by atoms with E-state index in [1.807, 2.05) is 26.8 Å². The fourth-order valence-corrected chi connectivity index (χ4v) is 2.62. The number of rotatable bonds is 4. The van der Waals surface area contributed by atoms with Crippen LogP contribution in [0.1, 0.15) is 26.3 Å². The number of benzene rings is 1. The van der Waals surface area contributed by atoms with Gasteiger partial charge in [0.05, 0.1) is 36.5 Å². The van der Waals surface area contributed by atoms with Gasteiger partial charge in [-0.1, -0.05) is 16.0 Å². The van der Waals surface area contributed by atoms with Gasteiger partial charge in [0, 0.05) is 11.5 Å². The average Bonchev–Trinajstić information content (AvgIpc) is 2.50. The van der Waals surface area contributed by atoms with Gasteiger partial charge in [0.15, 0.2) is 0 Å². The van der Waals surface area contributed by atoms with Crippen molar-refractivity contribution in [1.29, 1.82) is 0 Å². The lowest BCUT2D eigenvalue weighted by Gasteiger charge is -2.17. The fourth-order valence-electron chi connectivity index (χ4n) is 1.85. The van der Waals surface area contributed by atoms with Gasteiger partial charge in [-0.25, -0.2) is 4.98 Å². The molecule has 0 spiro atoms. The number of hydrogen-bond donors (Lipinski definition) is 0. The molecule has 0 aliphatic heterocycles. The Hall–Kier alpha value is -1.50. The van der Waals surface area contributed by atoms with E-state index >= 15 is 0 Å². The van der Waals surface area contributed by atoms with Crippen molar-refractivity contribution < 1.29 is 14.0 Å². The van der Waals surface area contributed by atoms with Crippen LogP contribution in [0.3, 0.4) is 0 Å². The zero-order chi connectivity index (χ0) is 17.2. The molecule has 7 heteroatoms. The maximum atomic E-state index is 12.1. The molecule has 23 heavy (non-hydrogen) atoms. The van der Waals surface area contributed by atoms with Gasteiger partial charge in [0.2, 0.25) is 5.88 Å². The minimum Gasteiger partial charge on any atom is -0.591 e. The number of aromatic nitrogens is 1. The molecule has 1 heterocycles. The highest BCUT2D eigenvalue weighted by atomic mass is 35.5. The van der Waals surface area contributed by atoms with Crippen LogP contribution in [-0.4, -0.2) is 34.7 Å². The van der Waals surface area contributed by atoms with Crippen molar-refractivity contribution >= 4 is 40.1 Å². The number of hydrogen-bond acceptors (Lipinski definition) is 5. The second-order valence-corrected chi connectivity index (χ2v) is 8.20. The van der Waals surface area contributed by atoms with E-state index in [0.717, 1.165) is 5.39 Å². The number of halogens is 1. The molecule has 0 aliphatic carbocycles. The van der Waals surface area contributed by atoms with E-state index in [1.165, 1.54) is 13.3 Å². The minimum absolute atomic E-state index is 0.400. The molecular formula is C16H19ClN2O3S. The van der Waals surface area contributed by atoms with Gasteiger partial charge in [-0.2, -0.15) is 0 Å². The third kappa shape index (κ3) is 4.07. The highest BCUT2D eigenvalue weighted by Crippen LogP contribution is 2.31. The number of nitrogens with zero attached hydrogens (tertiary/aromatic N) is 2. The molecule has 1 aromatic carbocycles. The van der Waals surface area contributed by atoms with E-state index in [9.17, 15) is 4.55 Å². The first kappa shape index (κ1) is 17.8. The molecule has 0 radical (unpaired) electrons. The highest BCUT2D eigenvalue weighted by Gasteiger charge is 2.26. The van der Waals surface area contributed by atoms with E-state index in [1.54, 1.807) is 19.2 Å². The third-order valence-electron chi connectivity index (χ3n) is 3.09. The van der Waals surface area contributed by atoms with Crippen molar-refractivity contribution in [2.45, 2.75) is 25.5 Å². The summed E-state index contributed by atoms with van der Waals surface area (Å²) in [5, 5.41) is 1.31. The Morgan fingerprint density at radius 2 is 1.91 bits per heavy atom. The van der Waals surface area contributed by atoms with E-state index < -0.39 is 16.1 Å². The quantitative estimate of drug-likeness (QED) is 0.619. The Balaban J connectivity index is 2.49. The lowest BCUT2D eigenvalue weighted by atomic mass is 10.1. The predicted octanol–water partition coefficient (Wildman–Crippen LogP) is 3.79. The van der Waals surface area contributed by atoms with Crippen LogP contribution in [0.4, 0.5) is 0 Å². The molecule has 0 fully saturated rings. The number of fused-ring (bicyclic) bond motifs is 1. The van der Waals surface area contributed by atoms with Crippen LogP contribution >= 0.6 is 11.6 Å². The van der Waals surface area contributed by atoms with Crippen molar-refractivity contribution in [3.63, 3.8) is 0 Å². The molecule has 1 aromatic heterocycles. The van der Waals surface area contributed by atoms with Gasteiger partial charge in [-0.15, -0.1) is 0 Å². The molecule has 0 saturated heterocycles. The zero-order valence-corrected chi connectivity index (χ0v) is 15.3. The smallest absolute Gasteiger partial charge is 0.222 e. The molecule has 1 atom stereocenters. The van der Waals surface area contributed by atoms with Gasteiger partial charge >= 0.3 is 0 Å². The van der Waals surface area contributed by atoms with Crippen molar-refractivity contribution in [2.24, 2.45) is 4.40 Å². The maximum Gasteiger partial charge on any atom is 0.222 e. The highest BCUT2D eigenvalue weighted by molar-refractivity contribution is 7.91. The SMILES string of the molecule is COc1cc2nc(OC)c(C=N[S@+]([O-])C(C)(C)C)cc2cc1Cl. The van der Waals surface area contributed by atoms with E-state index in [0.29, 0.717) is 27.7 Å². The number of methoxy groups -OCH3 is 2. The predicted molar refractivity (Wildman–Crippen MR) is 95.3 cm³/mol. The van der Waals surface area contributed by atoms with Crippen LogP contribution in [-0.2, 0) is 11.4 Å². The van der Waals surface area contributed by atoms with E-state index in [-0.39, 0.29) is 0 Å². The average molecular weight is 355 g/mol. The van der Waals surface area contributed by atoms with Crippen LogP contribution in [0.15, 0.2) is 22.6 Å². The summed E-state index contributed by atoms with van der Waals surface area (Å²) in [5.74, 6) is 0.945. The van der Waals surface area contributed by atoms with Gasteiger partial charge < -0.3 is 14.0 Å². The minimum atomic E-state index is -1.35. The zero-order valence-electron chi connectivity index (χ0n) is 13.7. The molecule has 0 saturated carbocycles. The second-order valence-electron chi connectivity index (χ2n) is 5.86. The van der Waals surface area contributed by atoms with Crippen molar-refractivity contribution in [3.05, 3.63) is 28.8 Å². The van der Waals surface area contributed by atoms with Crippen molar-refractivity contribution in [1.82, 2.24) is 4.98 Å². The normalized spacial score (nSPS) is 13.5. The lowest BCUT2D eigenvalue weighted by Crippen LogP contribution is -2.25. The largest absolute Gasteiger partial charge is 0.591 e. The molecule has 5 nitrogen and oxygen atoms in total. The summed E-state index contributed by atoms with van der Waals surface area (Å²) in [7, 11) is 3.08. The van der Waals surface area contributed by atoms with Gasteiger partial charge in [-0.05, 0) is 32.9 Å². The number of pyridine rings is 1. The monoisotopic (exact) mass is 354 g/mol. The summed E-state index contributed by atoms with van der Waals surface area (Å²) in [5.41, 5.74) is 1.33. The summed E-state index contributed by atoms with van der Waals surface area (Å²) in [4.78, 5) is 4.43. The molecule has 0 amide bonds. The summed E-state index contributed by atoms with van der Waals surface area (Å²) < 4.78 is 26.2. The maximum absolute atomic E-state index is 12.1. The Kier molecular flexibility index (Phi) is 5.39. The summed E-state index contributed by atoms with van der Waals surface area (Å²) in [6.45, 7) is 5.59. The molecule has 0 aliphatic rings. The first-order valence-corrected chi connectivity index (χ1v) is 8.43. The molecular weight excluding hydrogens is 336 g/mol. The first-order valence-electron chi connectivity index (χ1n) is 6.94. The molecule has 2 aromatic rings. The van der Waals surface area contributed by atoms with Crippen LogP contribution in [0, 0.1) is 0 Å². The lowest BCUT2D eigenvalue weighted by molar-refractivity contribution is 0.398.